The van der Waals surface area contributed by atoms with E-state index in [1.54, 1.807) is 17.3 Å². The van der Waals surface area contributed by atoms with Gasteiger partial charge in [0.2, 0.25) is 17.8 Å². The molecule has 3 heterocycles. The van der Waals surface area contributed by atoms with Gasteiger partial charge in [-0.1, -0.05) is 15.9 Å². The zero-order valence-electron chi connectivity index (χ0n) is 12.4. The average Bonchev–Trinajstić information content (AvgIpc) is 3.26. The highest BCUT2D eigenvalue weighted by Crippen LogP contribution is 2.31. The monoisotopic (exact) mass is 388 g/mol. The van der Waals surface area contributed by atoms with Crippen LogP contribution >= 0.6 is 15.9 Å². The molecule has 1 atom stereocenters. The number of anilines is 2. The third kappa shape index (κ3) is 2.56. The number of carbonyl (C=O) groups excluding carboxylic acids is 2. The fraction of sp³-hybridized carbons (Fsp3) is 0.200. The van der Waals surface area contributed by atoms with Crippen LogP contribution in [0, 0.1) is 5.92 Å². The van der Waals surface area contributed by atoms with Crippen molar-refractivity contribution in [2.75, 3.05) is 16.8 Å². The first-order valence-electron chi connectivity index (χ1n) is 7.36. The molecule has 3 N–H and O–H groups in total. The maximum Gasteiger partial charge on any atom is 0.232 e. The number of benzene rings is 1. The van der Waals surface area contributed by atoms with Crippen LogP contribution < -0.4 is 10.2 Å². The molecule has 1 aliphatic heterocycles. The van der Waals surface area contributed by atoms with Gasteiger partial charge in [-0.05, 0) is 18.2 Å². The number of rotatable bonds is 3. The van der Waals surface area contributed by atoms with Crippen molar-refractivity contribution in [1.82, 2.24) is 20.2 Å². The molecule has 3 aromatic rings. The third-order valence-electron chi connectivity index (χ3n) is 4.00. The maximum absolute atomic E-state index is 12.4. The smallest absolute Gasteiger partial charge is 0.232 e. The lowest BCUT2D eigenvalue weighted by molar-refractivity contribution is -0.122. The number of fused-ring (bicyclic) bond motifs is 1. The Morgan fingerprint density at radius 2 is 2.29 bits per heavy atom. The highest BCUT2D eigenvalue weighted by Gasteiger charge is 2.37. The number of hydrogen-bond donors (Lipinski definition) is 3. The number of aromatic amines is 2. The van der Waals surface area contributed by atoms with E-state index in [9.17, 15) is 9.59 Å². The Morgan fingerprint density at radius 3 is 3.08 bits per heavy atom. The summed E-state index contributed by atoms with van der Waals surface area (Å²) in [5.41, 5.74) is 0.829. The summed E-state index contributed by atoms with van der Waals surface area (Å²) >= 11 is 3.40. The van der Waals surface area contributed by atoms with Gasteiger partial charge in [0.05, 0.1) is 11.4 Å². The predicted molar refractivity (Wildman–Crippen MR) is 91.5 cm³/mol. The summed E-state index contributed by atoms with van der Waals surface area (Å²) < 4.78 is 0.925. The molecular formula is C15H13BrN6O2. The predicted octanol–water partition coefficient (Wildman–Crippen LogP) is 2.04. The van der Waals surface area contributed by atoms with Gasteiger partial charge in [0.15, 0.2) is 5.82 Å². The van der Waals surface area contributed by atoms with Crippen molar-refractivity contribution in [3.05, 3.63) is 35.1 Å². The Bertz CT molecular complexity index is 919. The van der Waals surface area contributed by atoms with Crippen LogP contribution in [0.2, 0.25) is 0 Å². The number of aromatic nitrogens is 4. The van der Waals surface area contributed by atoms with Gasteiger partial charge < -0.3 is 4.98 Å². The van der Waals surface area contributed by atoms with Crippen LogP contribution in [0.25, 0.3) is 10.9 Å². The zero-order valence-corrected chi connectivity index (χ0v) is 14.0. The van der Waals surface area contributed by atoms with E-state index in [1.807, 2.05) is 18.2 Å². The number of carbonyl (C=O) groups is 2. The lowest BCUT2D eigenvalue weighted by Gasteiger charge is -2.14. The summed E-state index contributed by atoms with van der Waals surface area (Å²) in [5, 5.41) is 10.7. The highest BCUT2D eigenvalue weighted by molar-refractivity contribution is 9.10. The molecule has 0 spiro atoms. The van der Waals surface area contributed by atoms with Crippen LogP contribution in [0.5, 0.6) is 0 Å². The van der Waals surface area contributed by atoms with Crippen LogP contribution in [0.4, 0.5) is 11.8 Å². The molecule has 4 rings (SSSR count). The number of amides is 2. The lowest BCUT2D eigenvalue weighted by Crippen LogP contribution is -2.28. The van der Waals surface area contributed by atoms with Gasteiger partial charge in [0.25, 0.3) is 0 Å². The summed E-state index contributed by atoms with van der Waals surface area (Å²) in [6.45, 7) is 0.293. The van der Waals surface area contributed by atoms with Crippen molar-refractivity contribution in [2.45, 2.75) is 6.42 Å². The van der Waals surface area contributed by atoms with E-state index in [0.717, 1.165) is 15.4 Å². The van der Waals surface area contributed by atoms with E-state index < -0.39 is 5.92 Å². The summed E-state index contributed by atoms with van der Waals surface area (Å²) in [6, 6.07) is 5.68. The number of nitrogens with one attached hydrogen (secondary N) is 3. The zero-order chi connectivity index (χ0) is 16.7. The van der Waals surface area contributed by atoms with Crippen LogP contribution in [0.3, 0.4) is 0 Å². The van der Waals surface area contributed by atoms with E-state index in [-0.39, 0.29) is 18.2 Å². The van der Waals surface area contributed by atoms with E-state index in [1.165, 1.54) is 0 Å². The first kappa shape index (κ1) is 14.9. The molecule has 1 aliphatic rings. The SMILES string of the molecule is O=C(Nc1ncc[nH]1)[C@@H]1CC(=O)N(c2n[nH]c3cc(Br)ccc23)C1. The van der Waals surface area contributed by atoms with Crippen LogP contribution in [-0.2, 0) is 9.59 Å². The molecule has 1 fully saturated rings. The third-order valence-corrected chi connectivity index (χ3v) is 4.49. The Balaban J connectivity index is 1.56. The number of imidazole rings is 1. The first-order valence-corrected chi connectivity index (χ1v) is 8.15. The molecule has 24 heavy (non-hydrogen) atoms. The summed E-state index contributed by atoms with van der Waals surface area (Å²) in [5.74, 6) is 0.135. The second-order valence-corrected chi connectivity index (χ2v) is 6.49. The van der Waals surface area contributed by atoms with Crippen molar-refractivity contribution in [2.24, 2.45) is 5.92 Å². The van der Waals surface area contributed by atoms with Gasteiger partial charge >= 0.3 is 0 Å². The molecule has 122 valence electrons. The van der Waals surface area contributed by atoms with E-state index >= 15 is 0 Å². The largest absolute Gasteiger partial charge is 0.331 e. The van der Waals surface area contributed by atoms with Gasteiger partial charge in [-0.2, -0.15) is 5.10 Å². The number of hydrogen-bond acceptors (Lipinski definition) is 4. The van der Waals surface area contributed by atoms with Crippen molar-refractivity contribution in [3.63, 3.8) is 0 Å². The molecule has 8 nitrogen and oxygen atoms in total. The number of nitrogens with zero attached hydrogens (tertiary/aromatic N) is 3. The number of halogens is 1. The fourth-order valence-corrected chi connectivity index (χ4v) is 3.18. The van der Waals surface area contributed by atoms with Gasteiger partial charge in [-0.25, -0.2) is 4.98 Å². The first-order chi connectivity index (χ1) is 11.6. The molecule has 0 aliphatic carbocycles. The van der Waals surface area contributed by atoms with Crippen molar-refractivity contribution in [1.29, 1.82) is 0 Å². The molecule has 0 radical (unpaired) electrons. The molecular weight excluding hydrogens is 376 g/mol. The van der Waals surface area contributed by atoms with Crippen molar-refractivity contribution in [3.8, 4) is 0 Å². The molecule has 0 unspecified atom stereocenters. The lowest BCUT2D eigenvalue weighted by atomic mass is 10.1. The van der Waals surface area contributed by atoms with E-state index in [0.29, 0.717) is 18.3 Å². The Labute approximate surface area is 144 Å². The average molecular weight is 389 g/mol. The topological polar surface area (TPSA) is 107 Å². The fourth-order valence-electron chi connectivity index (χ4n) is 2.82. The Kier molecular flexibility index (Phi) is 3.57. The minimum atomic E-state index is -0.440. The molecule has 0 bridgehead atoms. The summed E-state index contributed by atoms with van der Waals surface area (Å²) in [4.78, 5) is 33.0. The molecule has 9 heteroatoms. The van der Waals surface area contributed by atoms with Crippen LogP contribution in [0.1, 0.15) is 6.42 Å². The summed E-state index contributed by atoms with van der Waals surface area (Å²) in [7, 11) is 0. The summed E-state index contributed by atoms with van der Waals surface area (Å²) in [6.07, 6.45) is 3.32. The van der Waals surface area contributed by atoms with Crippen molar-refractivity contribution < 1.29 is 9.59 Å². The van der Waals surface area contributed by atoms with Gasteiger partial charge in [0.1, 0.15) is 0 Å². The van der Waals surface area contributed by atoms with E-state index in [4.69, 9.17) is 0 Å². The minimum absolute atomic E-state index is 0.120. The molecule has 2 aromatic heterocycles. The Morgan fingerprint density at radius 1 is 1.42 bits per heavy atom. The minimum Gasteiger partial charge on any atom is -0.331 e. The van der Waals surface area contributed by atoms with Gasteiger partial charge in [-0.3, -0.25) is 24.9 Å². The maximum atomic E-state index is 12.4. The second-order valence-electron chi connectivity index (χ2n) is 5.57. The molecule has 0 saturated carbocycles. The molecule has 1 aromatic carbocycles. The molecule has 1 saturated heterocycles. The van der Waals surface area contributed by atoms with Crippen LogP contribution in [-0.4, -0.2) is 38.5 Å². The Hall–Kier alpha value is -2.68. The normalized spacial score (nSPS) is 17.6. The van der Waals surface area contributed by atoms with Gasteiger partial charge in [0, 0.05) is 35.2 Å². The van der Waals surface area contributed by atoms with E-state index in [2.05, 4.69) is 41.4 Å². The van der Waals surface area contributed by atoms with Gasteiger partial charge in [-0.15, -0.1) is 0 Å². The van der Waals surface area contributed by atoms with Crippen molar-refractivity contribution >= 4 is 50.4 Å². The number of H-pyrrole nitrogens is 2. The standard InChI is InChI=1S/C15H13BrN6O2/c16-9-1-2-10-11(6-9)20-21-13(10)22-7-8(5-12(22)23)14(24)19-15-17-3-4-18-15/h1-4,6,8H,5,7H2,(H,20,21)(H2,17,18,19,24)/t8-/m1/s1. The quantitative estimate of drug-likeness (QED) is 0.637. The molecule has 2 amide bonds. The second kappa shape index (κ2) is 5.75. The van der Waals surface area contributed by atoms with Crippen LogP contribution in [0.15, 0.2) is 35.1 Å². The highest BCUT2D eigenvalue weighted by atomic mass is 79.9.